The van der Waals surface area contributed by atoms with Gasteiger partial charge in [-0.05, 0) is 19.1 Å². The Morgan fingerprint density at radius 1 is 1.60 bits per heavy atom. The maximum absolute atomic E-state index is 4.29. The maximum Gasteiger partial charge on any atom is 0.208 e. The average molecular weight is 155 g/mol. The Bertz CT molecular complexity index is 229. The molecule has 0 aliphatic heterocycles. The van der Waals surface area contributed by atoms with Gasteiger partial charge in [-0.3, -0.25) is 5.10 Å². The molecular formula is C6H9N3S. The molecule has 54 valence electrons. The van der Waals surface area contributed by atoms with Crippen LogP contribution in [0, 0.1) is 0 Å². The van der Waals surface area contributed by atoms with Crippen molar-refractivity contribution in [3.05, 3.63) is 5.82 Å². The standard InChI is InChI=1S/C6H9N3S/c1-10-6-7-5(8-9-6)4-2-3-4/h4H,2-3H2,1H3,(H,7,8,9). The van der Waals surface area contributed by atoms with E-state index in [2.05, 4.69) is 15.2 Å². The molecule has 0 amide bonds. The predicted molar refractivity (Wildman–Crippen MR) is 40.1 cm³/mol. The number of hydrogen-bond donors (Lipinski definition) is 1. The Kier molecular flexibility index (Phi) is 1.41. The second-order valence-corrected chi connectivity index (χ2v) is 3.26. The van der Waals surface area contributed by atoms with Crippen molar-refractivity contribution in [1.82, 2.24) is 15.2 Å². The van der Waals surface area contributed by atoms with Crippen LogP contribution in [0.2, 0.25) is 0 Å². The third-order valence-electron chi connectivity index (χ3n) is 1.63. The van der Waals surface area contributed by atoms with E-state index in [1.807, 2.05) is 6.26 Å². The van der Waals surface area contributed by atoms with Crippen LogP contribution < -0.4 is 0 Å². The molecular weight excluding hydrogens is 146 g/mol. The van der Waals surface area contributed by atoms with Crippen LogP contribution in [0.1, 0.15) is 24.6 Å². The van der Waals surface area contributed by atoms with Crippen LogP contribution in [-0.4, -0.2) is 21.4 Å². The first-order chi connectivity index (χ1) is 4.90. The van der Waals surface area contributed by atoms with Gasteiger partial charge in [0, 0.05) is 5.92 Å². The van der Waals surface area contributed by atoms with Gasteiger partial charge in [0.05, 0.1) is 0 Å². The highest BCUT2D eigenvalue weighted by Crippen LogP contribution is 2.38. The van der Waals surface area contributed by atoms with Gasteiger partial charge in [-0.15, -0.1) is 5.10 Å². The van der Waals surface area contributed by atoms with Crippen LogP contribution in [-0.2, 0) is 0 Å². The van der Waals surface area contributed by atoms with Crippen molar-refractivity contribution in [3.63, 3.8) is 0 Å². The number of H-pyrrole nitrogens is 1. The van der Waals surface area contributed by atoms with E-state index in [4.69, 9.17) is 0 Å². The molecule has 1 heterocycles. The SMILES string of the molecule is CSc1n[nH]c(C2CC2)n1. The van der Waals surface area contributed by atoms with Crippen LogP contribution in [0.5, 0.6) is 0 Å². The number of rotatable bonds is 2. The van der Waals surface area contributed by atoms with E-state index >= 15 is 0 Å². The van der Waals surface area contributed by atoms with Gasteiger partial charge in [-0.2, -0.15) is 0 Å². The van der Waals surface area contributed by atoms with Crippen molar-refractivity contribution >= 4 is 11.8 Å². The molecule has 1 N–H and O–H groups in total. The van der Waals surface area contributed by atoms with Crippen LogP contribution >= 0.6 is 11.8 Å². The van der Waals surface area contributed by atoms with Crippen molar-refractivity contribution in [1.29, 1.82) is 0 Å². The zero-order valence-corrected chi connectivity index (χ0v) is 6.61. The molecule has 0 unspecified atom stereocenters. The number of thioether (sulfide) groups is 1. The third-order valence-corrected chi connectivity index (χ3v) is 2.18. The largest absolute Gasteiger partial charge is 0.262 e. The van der Waals surface area contributed by atoms with Crippen LogP contribution in [0.4, 0.5) is 0 Å². The molecule has 0 spiro atoms. The lowest BCUT2D eigenvalue weighted by atomic mass is 10.4. The minimum absolute atomic E-state index is 0.688. The lowest BCUT2D eigenvalue weighted by Crippen LogP contribution is -1.80. The first-order valence-electron chi connectivity index (χ1n) is 3.36. The summed E-state index contributed by atoms with van der Waals surface area (Å²) in [5, 5.41) is 7.82. The van der Waals surface area contributed by atoms with Gasteiger partial charge in [0.15, 0.2) is 0 Å². The Morgan fingerprint density at radius 3 is 2.90 bits per heavy atom. The molecule has 0 bridgehead atoms. The number of aromatic nitrogens is 3. The molecule has 2 rings (SSSR count). The first kappa shape index (κ1) is 6.22. The van der Waals surface area contributed by atoms with Crippen LogP contribution in [0.25, 0.3) is 0 Å². The summed E-state index contributed by atoms with van der Waals surface area (Å²) in [7, 11) is 0. The zero-order valence-electron chi connectivity index (χ0n) is 5.79. The van der Waals surface area contributed by atoms with Gasteiger partial charge in [0.1, 0.15) is 5.82 Å². The van der Waals surface area contributed by atoms with Crippen LogP contribution in [0.3, 0.4) is 0 Å². The van der Waals surface area contributed by atoms with E-state index in [1.54, 1.807) is 11.8 Å². The molecule has 1 aromatic heterocycles. The Balaban J connectivity index is 2.19. The van der Waals surface area contributed by atoms with E-state index in [9.17, 15) is 0 Å². The monoisotopic (exact) mass is 155 g/mol. The van der Waals surface area contributed by atoms with Crippen molar-refractivity contribution in [2.45, 2.75) is 23.9 Å². The summed E-state index contributed by atoms with van der Waals surface area (Å²) in [5.74, 6) is 1.76. The summed E-state index contributed by atoms with van der Waals surface area (Å²) >= 11 is 1.58. The second kappa shape index (κ2) is 2.27. The lowest BCUT2D eigenvalue weighted by Gasteiger charge is -1.82. The highest BCUT2D eigenvalue weighted by molar-refractivity contribution is 7.98. The van der Waals surface area contributed by atoms with Gasteiger partial charge >= 0.3 is 0 Å². The molecule has 0 aromatic carbocycles. The number of nitrogens with zero attached hydrogens (tertiary/aromatic N) is 2. The van der Waals surface area contributed by atoms with E-state index in [1.165, 1.54) is 12.8 Å². The highest BCUT2D eigenvalue weighted by Gasteiger charge is 2.26. The number of hydrogen-bond acceptors (Lipinski definition) is 3. The highest BCUT2D eigenvalue weighted by atomic mass is 32.2. The van der Waals surface area contributed by atoms with Gasteiger partial charge in [-0.1, -0.05) is 11.8 Å². The molecule has 4 heteroatoms. The minimum atomic E-state index is 0.688. The quantitative estimate of drug-likeness (QED) is 0.656. The number of aromatic amines is 1. The average Bonchev–Trinajstić information content (AvgIpc) is 2.70. The maximum atomic E-state index is 4.29. The van der Waals surface area contributed by atoms with Gasteiger partial charge in [0.25, 0.3) is 0 Å². The fourth-order valence-electron chi connectivity index (χ4n) is 0.889. The van der Waals surface area contributed by atoms with E-state index in [0.29, 0.717) is 5.92 Å². The third kappa shape index (κ3) is 1.03. The van der Waals surface area contributed by atoms with E-state index < -0.39 is 0 Å². The smallest absolute Gasteiger partial charge is 0.208 e. The molecule has 1 saturated carbocycles. The summed E-state index contributed by atoms with van der Waals surface area (Å²) in [4.78, 5) is 4.29. The van der Waals surface area contributed by atoms with Crippen molar-refractivity contribution in [2.24, 2.45) is 0 Å². The summed E-state index contributed by atoms with van der Waals surface area (Å²) in [5.41, 5.74) is 0. The molecule has 1 aliphatic carbocycles. The van der Waals surface area contributed by atoms with Gasteiger partial charge < -0.3 is 0 Å². The molecule has 0 radical (unpaired) electrons. The fourth-order valence-corrected chi connectivity index (χ4v) is 1.22. The second-order valence-electron chi connectivity index (χ2n) is 2.48. The summed E-state index contributed by atoms with van der Waals surface area (Å²) in [6.45, 7) is 0. The molecule has 1 aromatic rings. The van der Waals surface area contributed by atoms with E-state index in [-0.39, 0.29) is 0 Å². The molecule has 3 nitrogen and oxygen atoms in total. The minimum Gasteiger partial charge on any atom is -0.262 e. The molecule has 10 heavy (non-hydrogen) atoms. The van der Waals surface area contributed by atoms with Crippen molar-refractivity contribution in [2.75, 3.05) is 6.26 Å². The molecule has 1 aliphatic rings. The van der Waals surface area contributed by atoms with Gasteiger partial charge in [-0.25, -0.2) is 4.98 Å². The topological polar surface area (TPSA) is 41.6 Å². The van der Waals surface area contributed by atoms with Crippen molar-refractivity contribution in [3.8, 4) is 0 Å². The van der Waals surface area contributed by atoms with Crippen molar-refractivity contribution < 1.29 is 0 Å². The predicted octanol–water partition coefficient (Wildman–Crippen LogP) is 1.40. The normalized spacial score (nSPS) is 17.7. The summed E-state index contributed by atoms with van der Waals surface area (Å²) < 4.78 is 0. The van der Waals surface area contributed by atoms with E-state index in [0.717, 1.165) is 11.0 Å². The molecule has 0 atom stereocenters. The summed E-state index contributed by atoms with van der Waals surface area (Å²) in [6, 6.07) is 0. The fraction of sp³-hybridized carbons (Fsp3) is 0.667. The molecule has 1 fully saturated rings. The summed E-state index contributed by atoms with van der Waals surface area (Å²) in [6.07, 6.45) is 4.55. The molecule has 0 saturated heterocycles. The Morgan fingerprint density at radius 2 is 2.40 bits per heavy atom. The Labute approximate surface area is 63.6 Å². The Hall–Kier alpha value is -0.510. The number of nitrogens with one attached hydrogen (secondary N) is 1. The van der Waals surface area contributed by atoms with Crippen LogP contribution in [0.15, 0.2) is 5.16 Å². The lowest BCUT2D eigenvalue weighted by molar-refractivity contribution is 0.932. The van der Waals surface area contributed by atoms with Gasteiger partial charge in [0.2, 0.25) is 5.16 Å². The zero-order chi connectivity index (χ0) is 6.97. The first-order valence-corrected chi connectivity index (χ1v) is 4.59.